The number of thioether (sulfide) groups is 1. The number of methoxy groups -OCH3 is 2. The van der Waals surface area contributed by atoms with Crippen molar-refractivity contribution in [2.75, 3.05) is 25.3 Å². The largest absolute Gasteiger partial charge is 0.495 e. The average Bonchev–Trinajstić information content (AvgIpc) is 3.16. The lowest BCUT2D eigenvalue weighted by atomic mass is 10.2. The van der Waals surface area contributed by atoms with Crippen LogP contribution >= 0.6 is 23.4 Å². The molecule has 0 unspecified atom stereocenters. The van der Waals surface area contributed by atoms with E-state index in [2.05, 4.69) is 10.3 Å². The number of benzene rings is 2. The quantitative estimate of drug-likeness (QED) is 0.570. The van der Waals surface area contributed by atoms with Gasteiger partial charge in [-0.25, -0.2) is 4.98 Å². The molecule has 0 aliphatic carbocycles. The summed E-state index contributed by atoms with van der Waals surface area (Å²) in [5.41, 5.74) is 2.66. The zero-order chi connectivity index (χ0) is 20.1. The van der Waals surface area contributed by atoms with Gasteiger partial charge in [-0.2, -0.15) is 0 Å². The van der Waals surface area contributed by atoms with Crippen molar-refractivity contribution in [2.45, 2.75) is 12.1 Å². The number of halogens is 1. The lowest BCUT2D eigenvalue weighted by Crippen LogP contribution is -2.15. The van der Waals surface area contributed by atoms with Gasteiger partial charge in [0.2, 0.25) is 5.91 Å². The first-order valence-electron chi connectivity index (χ1n) is 8.47. The number of hydrogen-bond acceptors (Lipinski definition) is 5. The van der Waals surface area contributed by atoms with E-state index in [1.807, 2.05) is 42.0 Å². The van der Waals surface area contributed by atoms with Crippen LogP contribution in [0, 0.1) is 6.92 Å². The van der Waals surface area contributed by atoms with Crippen molar-refractivity contribution in [3.8, 4) is 17.2 Å². The van der Waals surface area contributed by atoms with Crippen LogP contribution in [0.5, 0.6) is 11.5 Å². The number of carbonyl (C=O) groups is 1. The summed E-state index contributed by atoms with van der Waals surface area (Å²) < 4.78 is 12.5. The molecule has 0 aliphatic rings. The molecule has 0 saturated heterocycles. The lowest BCUT2D eigenvalue weighted by molar-refractivity contribution is -0.113. The van der Waals surface area contributed by atoms with E-state index in [1.54, 1.807) is 18.3 Å². The summed E-state index contributed by atoms with van der Waals surface area (Å²) in [7, 11) is 3.03. The lowest BCUT2D eigenvalue weighted by Gasteiger charge is -2.13. The van der Waals surface area contributed by atoms with E-state index >= 15 is 0 Å². The molecule has 146 valence electrons. The van der Waals surface area contributed by atoms with Crippen LogP contribution in [-0.2, 0) is 4.79 Å². The van der Waals surface area contributed by atoms with Gasteiger partial charge in [0, 0.05) is 24.5 Å². The number of rotatable bonds is 7. The highest BCUT2D eigenvalue weighted by Crippen LogP contribution is 2.36. The molecule has 8 heteroatoms. The third kappa shape index (κ3) is 4.43. The molecule has 0 radical (unpaired) electrons. The Morgan fingerprint density at radius 1 is 1.21 bits per heavy atom. The molecule has 0 aliphatic heterocycles. The zero-order valence-electron chi connectivity index (χ0n) is 15.7. The molecule has 0 atom stereocenters. The number of aromatic nitrogens is 2. The van der Waals surface area contributed by atoms with Gasteiger partial charge in [-0.15, -0.1) is 0 Å². The number of carbonyl (C=O) groups excluding carboxylic acids is 1. The number of amides is 1. The monoisotopic (exact) mass is 417 g/mol. The van der Waals surface area contributed by atoms with E-state index in [9.17, 15) is 4.79 Å². The number of anilines is 1. The van der Waals surface area contributed by atoms with Crippen LogP contribution in [0.2, 0.25) is 5.02 Å². The van der Waals surface area contributed by atoms with E-state index in [0.717, 1.165) is 16.4 Å². The minimum atomic E-state index is -0.188. The molecule has 2 aromatic carbocycles. The minimum Gasteiger partial charge on any atom is -0.495 e. The number of hydrogen-bond donors (Lipinski definition) is 1. The molecular formula is C20H20ClN3O3S. The first-order chi connectivity index (χ1) is 13.5. The Morgan fingerprint density at radius 2 is 1.96 bits per heavy atom. The molecule has 6 nitrogen and oxygen atoms in total. The van der Waals surface area contributed by atoms with Crippen LogP contribution in [0.3, 0.4) is 0 Å². The molecule has 0 saturated carbocycles. The Hall–Kier alpha value is -2.64. The van der Waals surface area contributed by atoms with Gasteiger partial charge in [0.15, 0.2) is 5.16 Å². The Morgan fingerprint density at radius 3 is 2.68 bits per heavy atom. The molecule has 28 heavy (non-hydrogen) atoms. The van der Waals surface area contributed by atoms with Gasteiger partial charge in [-0.3, -0.25) is 9.36 Å². The number of ether oxygens (including phenoxy) is 2. The Balaban J connectivity index is 1.71. The average molecular weight is 418 g/mol. The minimum absolute atomic E-state index is 0.188. The van der Waals surface area contributed by atoms with E-state index < -0.39 is 0 Å². The fourth-order valence-corrected chi connectivity index (χ4v) is 3.68. The predicted molar refractivity (Wildman–Crippen MR) is 112 cm³/mol. The molecule has 3 rings (SSSR count). The van der Waals surface area contributed by atoms with Crippen molar-refractivity contribution in [3.63, 3.8) is 0 Å². The van der Waals surface area contributed by atoms with Crippen molar-refractivity contribution in [3.05, 3.63) is 59.4 Å². The maximum Gasteiger partial charge on any atom is 0.234 e. The standard InChI is InChI=1S/C20H20ClN3O3S/c1-13-6-4-5-7-16(13)24-9-8-22-20(24)28-12-19(25)23-15-11-17(26-2)14(21)10-18(15)27-3/h4-11H,12H2,1-3H3,(H,23,25). The number of nitrogens with one attached hydrogen (secondary N) is 1. The fraction of sp³-hybridized carbons (Fsp3) is 0.200. The molecule has 3 aromatic rings. The summed E-state index contributed by atoms with van der Waals surface area (Å²) in [4.78, 5) is 16.8. The van der Waals surface area contributed by atoms with Gasteiger partial charge in [-0.05, 0) is 18.6 Å². The van der Waals surface area contributed by atoms with Crippen molar-refractivity contribution >= 4 is 35.0 Å². The van der Waals surface area contributed by atoms with Gasteiger partial charge in [-0.1, -0.05) is 41.6 Å². The van der Waals surface area contributed by atoms with Crippen molar-refractivity contribution in [2.24, 2.45) is 0 Å². The molecule has 0 fully saturated rings. The maximum absolute atomic E-state index is 12.5. The normalized spacial score (nSPS) is 10.6. The van der Waals surface area contributed by atoms with E-state index in [4.69, 9.17) is 21.1 Å². The van der Waals surface area contributed by atoms with Crippen LogP contribution < -0.4 is 14.8 Å². The summed E-state index contributed by atoms with van der Waals surface area (Å²) in [6, 6.07) is 11.3. The SMILES string of the molecule is COc1cc(NC(=O)CSc2nccn2-c2ccccc2C)c(OC)cc1Cl. The second kappa shape index (κ2) is 9.03. The molecule has 0 bridgehead atoms. The number of nitrogens with zero attached hydrogens (tertiary/aromatic N) is 2. The second-order valence-electron chi connectivity index (χ2n) is 5.89. The van der Waals surface area contributed by atoms with Gasteiger partial charge >= 0.3 is 0 Å². The molecule has 1 heterocycles. The predicted octanol–water partition coefficient (Wildman–Crippen LogP) is 4.58. The highest BCUT2D eigenvalue weighted by atomic mass is 35.5. The first-order valence-corrected chi connectivity index (χ1v) is 9.83. The van der Waals surface area contributed by atoms with Gasteiger partial charge < -0.3 is 14.8 Å². The first kappa shape index (κ1) is 20.1. The molecule has 1 aromatic heterocycles. The third-order valence-electron chi connectivity index (χ3n) is 4.06. The molecular weight excluding hydrogens is 398 g/mol. The smallest absolute Gasteiger partial charge is 0.234 e. The Labute approximate surface area is 172 Å². The van der Waals surface area contributed by atoms with Crippen molar-refractivity contribution in [1.29, 1.82) is 0 Å². The van der Waals surface area contributed by atoms with Gasteiger partial charge in [0.1, 0.15) is 11.5 Å². The van der Waals surface area contributed by atoms with E-state index in [0.29, 0.717) is 22.2 Å². The molecule has 1 amide bonds. The fourth-order valence-electron chi connectivity index (χ4n) is 2.69. The zero-order valence-corrected chi connectivity index (χ0v) is 17.3. The van der Waals surface area contributed by atoms with Crippen molar-refractivity contribution in [1.82, 2.24) is 9.55 Å². The number of aryl methyl sites for hydroxylation is 1. The van der Waals surface area contributed by atoms with Crippen LogP contribution in [-0.4, -0.2) is 35.4 Å². The summed E-state index contributed by atoms with van der Waals surface area (Å²) in [6.45, 7) is 2.04. The van der Waals surface area contributed by atoms with E-state index in [1.165, 1.54) is 26.0 Å². The van der Waals surface area contributed by atoms with Gasteiger partial charge in [0.25, 0.3) is 0 Å². The third-order valence-corrected chi connectivity index (χ3v) is 5.32. The highest BCUT2D eigenvalue weighted by molar-refractivity contribution is 7.99. The maximum atomic E-state index is 12.5. The number of para-hydroxylation sites is 1. The summed E-state index contributed by atoms with van der Waals surface area (Å²) in [6.07, 6.45) is 3.61. The Bertz CT molecular complexity index is 991. The van der Waals surface area contributed by atoms with Gasteiger partial charge in [0.05, 0.1) is 36.4 Å². The molecule has 1 N–H and O–H groups in total. The number of imidazole rings is 1. The van der Waals surface area contributed by atoms with Crippen LogP contribution in [0.25, 0.3) is 5.69 Å². The molecule has 0 spiro atoms. The van der Waals surface area contributed by atoms with E-state index in [-0.39, 0.29) is 11.7 Å². The summed E-state index contributed by atoms with van der Waals surface area (Å²) in [5.74, 6) is 0.926. The highest BCUT2D eigenvalue weighted by Gasteiger charge is 2.14. The van der Waals surface area contributed by atoms with Crippen LogP contribution in [0.4, 0.5) is 5.69 Å². The van der Waals surface area contributed by atoms with Crippen LogP contribution in [0.1, 0.15) is 5.56 Å². The summed E-state index contributed by atoms with van der Waals surface area (Å²) >= 11 is 7.45. The Kier molecular flexibility index (Phi) is 6.49. The topological polar surface area (TPSA) is 65.4 Å². The second-order valence-corrected chi connectivity index (χ2v) is 7.24. The summed E-state index contributed by atoms with van der Waals surface area (Å²) in [5, 5.41) is 3.99. The van der Waals surface area contributed by atoms with Crippen LogP contribution in [0.15, 0.2) is 53.9 Å². The van der Waals surface area contributed by atoms with Crippen molar-refractivity contribution < 1.29 is 14.3 Å².